The van der Waals surface area contributed by atoms with Gasteiger partial charge in [0.2, 0.25) is 0 Å². The van der Waals surface area contributed by atoms with Crippen LogP contribution in [0.4, 0.5) is 17.3 Å². The second kappa shape index (κ2) is 12.2. The number of imidazole rings is 1. The molecule has 0 radical (unpaired) electrons. The van der Waals surface area contributed by atoms with Crippen molar-refractivity contribution in [1.29, 1.82) is 0 Å². The monoisotopic (exact) mass is 336 g/mol. The highest BCUT2D eigenvalue weighted by Crippen LogP contribution is 2.07. The predicted octanol–water partition coefficient (Wildman–Crippen LogP) is 5.49. The van der Waals surface area contributed by atoms with Crippen LogP contribution in [0.3, 0.4) is 0 Å². The van der Waals surface area contributed by atoms with E-state index in [0.717, 1.165) is 13.0 Å². The Kier molecular flexibility index (Phi) is 11.5. The van der Waals surface area contributed by atoms with Crippen LogP contribution in [0.15, 0.2) is 18.5 Å². The Balaban J connectivity index is 0.000000841. The molecule has 0 N–H and O–H groups in total. The molecular weight excluding hydrogens is 307 g/mol. The number of aromatic nitrogens is 2. The van der Waals surface area contributed by atoms with Crippen LogP contribution < -0.4 is 4.57 Å². The van der Waals surface area contributed by atoms with Gasteiger partial charge in [-0.15, -0.1) is 0 Å². The first-order valence-corrected chi connectivity index (χ1v) is 8.46. The molecule has 0 aliphatic carbocycles. The van der Waals surface area contributed by atoms with Crippen LogP contribution in [0.5, 0.6) is 0 Å². The van der Waals surface area contributed by atoms with E-state index in [2.05, 4.69) is 54.6 Å². The van der Waals surface area contributed by atoms with Crippen molar-refractivity contribution in [1.82, 2.24) is 4.57 Å². The molecule has 23 heavy (non-hydrogen) atoms. The molecule has 0 aliphatic rings. The van der Waals surface area contributed by atoms with E-state index in [1.54, 1.807) is 0 Å². The van der Waals surface area contributed by atoms with Crippen LogP contribution in [0.2, 0.25) is 0 Å². The molecule has 1 heterocycles. The number of halogens is 4. The largest absolute Gasteiger partial charge is 0.673 e. The average Bonchev–Trinajstić information content (AvgIpc) is 2.86. The van der Waals surface area contributed by atoms with Gasteiger partial charge in [-0.2, -0.15) is 0 Å². The van der Waals surface area contributed by atoms with Crippen LogP contribution in [-0.4, -0.2) is 11.8 Å². The molecule has 0 atom stereocenters. The van der Waals surface area contributed by atoms with Crippen molar-refractivity contribution in [3.63, 3.8) is 0 Å². The minimum absolute atomic E-state index is 1.06. The quantitative estimate of drug-likeness (QED) is 0.244. The fraction of sp³-hybridized carbons (Fsp3) is 0.688. The van der Waals surface area contributed by atoms with Crippen LogP contribution >= 0.6 is 0 Å². The summed E-state index contributed by atoms with van der Waals surface area (Å²) in [5, 5.41) is 0. The Morgan fingerprint density at radius 3 is 2.17 bits per heavy atom. The summed E-state index contributed by atoms with van der Waals surface area (Å²) in [6, 6.07) is 0. The summed E-state index contributed by atoms with van der Waals surface area (Å²) >= 11 is 0. The normalized spacial score (nSPS) is 11.6. The van der Waals surface area contributed by atoms with Crippen molar-refractivity contribution in [3.8, 4) is 0 Å². The predicted molar refractivity (Wildman–Crippen MR) is 88.6 cm³/mol. The van der Waals surface area contributed by atoms with Gasteiger partial charge >= 0.3 is 7.25 Å². The first-order valence-electron chi connectivity index (χ1n) is 8.46. The maximum absolute atomic E-state index is 9.75. The Morgan fingerprint density at radius 1 is 1.04 bits per heavy atom. The number of allylic oxidation sites excluding steroid dienone is 1. The van der Waals surface area contributed by atoms with Crippen molar-refractivity contribution in [3.05, 3.63) is 24.3 Å². The fourth-order valence-electron chi connectivity index (χ4n) is 2.34. The summed E-state index contributed by atoms with van der Waals surface area (Å²) in [5.41, 5.74) is 0. The number of hydrogen-bond acceptors (Lipinski definition) is 0. The van der Waals surface area contributed by atoms with Gasteiger partial charge in [-0.1, -0.05) is 39.5 Å². The minimum atomic E-state index is -6.00. The maximum Gasteiger partial charge on any atom is 0.673 e. The lowest BCUT2D eigenvalue weighted by molar-refractivity contribution is -0.700. The topological polar surface area (TPSA) is 8.81 Å². The Morgan fingerprint density at radius 2 is 1.65 bits per heavy atom. The lowest BCUT2D eigenvalue weighted by atomic mass is 10.1. The number of hydrogen-bond donors (Lipinski definition) is 0. The SMILES string of the molecule is CCCCCCCC=Cn1cc[n+](CC)c1CC.F[B-](F)(F)F. The second-order valence-corrected chi connectivity index (χ2v) is 5.34. The van der Waals surface area contributed by atoms with Crippen molar-refractivity contribution >= 4 is 13.5 Å². The Bertz CT molecular complexity index is 436. The molecular formula is C16H29BF4N2. The summed E-state index contributed by atoms with van der Waals surface area (Å²) in [6.45, 7) is 7.74. The van der Waals surface area contributed by atoms with E-state index >= 15 is 0 Å². The fourth-order valence-corrected chi connectivity index (χ4v) is 2.34. The molecule has 0 bridgehead atoms. The molecule has 0 spiro atoms. The molecule has 1 aromatic rings. The summed E-state index contributed by atoms with van der Waals surface area (Å²) in [5.74, 6) is 1.39. The van der Waals surface area contributed by atoms with E-state index < -0.39 is 7.25 Å². The van der Waals surface area contributed by atoms with Gasteiger partial charge in [0.25, 0.3) is 5.82 Å². The van der Waals surface area contributed by atoms with Crippen LogP contribution in [0.25, 0.3) is 6.20 Å². The highest BCUT2D eigenvalue weighted by atomic mass is 19.5. The van der Waals surface area contributed by atoms with Gasteiger partial charge in [0.15, 0.2) is 0 Å². The van der Waals surface area contributed by atoms with Gasteiger partial charge in [-0.05, 0) is 25.8 Å². The first-order chi connectivity index (χ1) is 10.8. The zero-order valence-electron chi connectivity index (χ0n) is 14.4. The van der Waals surface area contributed by atoms with E-state index in [9.17, 15) is 17.3 Å². The molecule has 0 unspecified atom stereocenters. The Labute approximate surface area is 137 Å². The van der Waals surface area contributed by atoms with Gasteiger partial charge in [-0.3, -0.25) is 0 Å². The lowest BCUT2D eigenvalue weighted by Gasteiger charge is -1.97. The first kappa shape index (κ1) is 21.7. The van der Waals surface area contributed by atoms with Gasteiger partial charge in [0, 0.05) is 6.42 Å². The van der Waals surface area contributed by atoms with Crippen molar-refractivity contribution in [2.24, 2.45) is 0 Å². The van der Waals surface area contributed by atoms with Gasteiger partial charge in [0.05, 0.1) is 12.7 Å². The third kappa shape index (κ3) is 11.9. The molecule has 0 fully saturated rings. The zero-order chi connectivity index (χ0) is 17.7. The van der Waals surface area contributed by atoms with Crippen molar-refractivity contribution in [2.75, 3.05) is 0 Å². The number of nitrogens with zero attached hydrogens (tertiary/aromatic N) is 2. The smallest absolute Gasteiger partial charge is 0.418 e. The van der Waals surface area contributed by atoms with E-state index in [4.69, 9.17) is 0 Å². The molecule has 2 nitrogen and oxygen atoms in total. The zero-order valence-corrected chi connectivity index (χ0v) is 14.4. The molecule has 7 heteroatoms. The van der Waals surface area contributed by atoms with Gasteiger partial charge in [-0.25, -0.2) is 9.13 Å². The molecule has 0 amide bonds. The summed E-state index contributed by atoms with van der Waals surface area (Å²) in [4.78, 5) is 0. The van der Waals surface area contributed by atoms with Crippen LogP contribution in [0, 0.1) is 0 Å². The maximum atomic E-state index is 9.75. The summed E-state index contributed by atoms with van der Waals surface area (Å²) in [7, 11) is -6.00. The minimum Gasteiger partial charge on any atom is -0.418 e. The van der Waals surface area contributed by atoms with Crippen LogP contribution in [0.1, 0.15) is 65.1 Å². The van der Waals surface area contributed by atoms with Gasteiger partial charge < -0.3 is 17.3 Å². The van der Waals surface area contributed by atoms with Crippen molar-refractivity contribution < 1.29 is 21.8 Å². The number of unbranched alkanes of at least 4 members (excludes halogenated alkanes) is 5. The molecule has 1 rings (SSSR count). The van der Waals surface area contributed by atoms with Crippen molar-refractivity contribution in [2.45, 2.75) is 72.3 Å². The van der Waals surface area contributed by atoms with E-state index in [1.807, 2.05) is 0 Å². The van der Waals surface area contributed by atoms with Gasteiger partial charge in [0.1, 0.15) is 12.4 Å². The summed E-state index contributed by atoms with van der Waals surface area (Å²) in [6.07, 6.45) is 18.0. The van der Waals surface area contributed by atoms with Crippen LogP contribution in [-0.2, 0) is 13.0 Å². The summed E-state index contributed by atoms with van der Waals surface area (Å²) < 4.78 is 43.6. The highest BCUT2D eigenvalue weighted by molar-refractivity contribution is 6.50. The Hall–Kier alpha value is -1.27. The molecule has 1 aromatic heterocycles. The van der Waals surface area contributed by atoms with E-state index in [-0.39, 0.29) is 0 Å². The second-order valence-electron chi connectivity index (χ2n) is 5.34. The molecule has 0 saturated heterocycles. The molecule has 134 valence electrons. The molecule has 0 saturated carbocycles. The average molecular weight is 336 g/mol. The molecule has 0 aromatic carbocycles. The lowest BCUT2D eigenvalue weighted by Crippen LogP contribution is -2.35. The number of rotatable bonds is 9. The highest BCUT2D eigenvalue weighted by Gasteiger charge is 2.20. The molecule has 0 aliphatic heterocycles. The third-order valence-corrected chi connectivity index (χ3v) is 3.43. The van der Waals surface area contributed by atoms with E-state index in [0.29, 0.717) is 0 Å². The number of aryl methyl sites for hydroxylation is 1. The standard InChI is InChI=1S/C16H29N2.BF4/c1-4-7-8-9-10-11-12-13-18-15-14-17(6-3)16(18)5-2;2-1(3,4)5/h12-15H,4-11H2,1-3H3;/q+1;-1. The van der Waals surface area contributed by atoms with E-state index in [1.165, 1.54) is 44.3 Å². The third-order valence-electron chi connectivity index (χ3n) is 3.43.